The second-order valence-electron chi connectivity index (χ2n) is 3.12. The molecular formula is C9H16OS2. The lowest BCUT2D eigenvalue weighted by Crippen LogP contribution is -2.26. The van der Waals surface area contributed by atoms with Crippen molar-refractivity contribution in [1.29, 1.82) is 0 Å². The molecule has 0 aromatic rings. The molecule has 0 bridgehead atoms. The van der Waals surface area contributed by atoms with Crippen LogP contribution in [-0.2, 0) is 0 Å². The largest absolute Gasteiger partial charge is 0.393 e. The van der Waals surface area contributed by atoms with Crippen molar-refractivity contribution in [2.24, 2.45) is 0 Å². The van der Waals surface area contributed by atoms with E-state index in [1.54, 1.807) is 0 Å². The van der Waals surface area contributed by atoms with Gasteiger partial charge < -0.3 is 5.11 Å². The van der Waals surface area contributed by atoms with Crippen molar-refractivity contribution < 1.29 is 5.11 Å². The fourth-order valence-corrected chi connectivity index (χ4v) is 4.56. The van der Waals surface area contributed by atoms with Gasteiger partial charge >= 0.3 is 0 Å². The molecule has 3 heteroatoms. The van der Waals surface area contributed by atoms with E-state index in [9.17, 15) is 5.11 Å². The second kappa shape index (κ2) is 4.58. The molecule has 0 aliphatic carbocycles. The highest BCUT2D eigenvalue weighted by molar-refractivity contribution is 8.19. The summed E-state index contributed by atoms with van der Waals surface area (Å²) in [5.41, 5.74) is 0. The average molecular weight is 204 g/mol. The highest BCUT2D eigenvalue weighted by Gasteiger charge is 2.31. The van der Waals surface area contributed by atoms with Crippen LogP contribution in [0.3, 0.4) is 0 Å². The molecule has 0 aromatic carbocycles. The third-order valence-electron chi connectivity index (χ3n) is 1.87. The van der Waals surface area contributed by atoms with Crippen molar-refractivity contribution in [3.05, 3.63) is 12.7 Å². The zero-order valence-corrected chi connectivity index (χ0v) is 9.09. The molecule has 12 heavy (non-hydrogen) atoms. The average Bonchev–Trinajstić information content (AvgIpc) is 2.05. The molecular weight excluding hydrogens is 188 g/mol. The number of hydrogen-bond acceptors (Lipinski definition) is 3. The Bertz CT molecular complexity index is 151. The Balaban J connectivity index is 2.53. The summed E-state index contributed by atoms with van der Waals surface area (Å²) in [6, 6.07) is 0. The summed E-state index contributed by atoms with van der Waals surface area (Å²) in [5.74, 6) is 2.40. The van der Waals surface area contributed by atoms with E-state index in [0.29, 0.717) is 0 Å². The highest BCUT2D eigenvalue weighted by atomic mass is 32.2. The lowest BCUT2D eigenvalue weighted by molar-refractivity contribution is 0.184. The number of aliphatic hydroxyl groups excluding tert-OH is 1. The Kier molecular flexibility index (Phi) is 4.00. The van der Waals surface area contributed by atoms with Gasteiger partial charge in [-0.2, -0.15) is 0 Å². The van der Waals surface area contributed by atoms with Crippen LogP contribution >= 0.6 is 23.5 Å². The van der Waals surface area contributed by atoms with Crippen molar-refractivity contribution in [3.63, 3.8) is 0 Å². The van der Waals surface area contributed by atoms with Gasteiger partial charge in [-0.15, -0.1) is 30.1 Å². The van der Waals surface area contributed by atoms with E-state index in [1.165, 1.54) is 17.9 Å². The Labute approximate surface area is 83.0 Å². The number of thioether (sulfide) groups is 2. The maximum atomic E-state index is 9.33. The lowest BCUT2D eigenvalue weighted by Gasteiger charge is -2.34. The van der Waals surface area contributed by atoms with Crippen LogP contribution in [0.25, 0.3) is 0 Å². The smallest absolute Gasteiger partial charge is 0.0813 e. The predicted octanol–water partition coefficient (Wildman–Crippen LogP) is 2.51. The maximum absolute atomic E-state index is 9.33. The van der Waals surface area contributed by atoms with Crippen LogP contribution in [0.2, 0.25) is 0 Å². The zero-order chi connectivity index (χ0) is 9.03. The Hall–Kier alpha value is 0.400. The first-order valence-corrected chi connectivity index (χ1v) is 6.25. The molecule has 0 aromatic heterocycles. The summed E-state index contributed by atoms with van der Waals surface area (Å²) >= 11 is 3.85. The van der Waals surface area contributed by atoms with Gasteiger partial charge in [-0.25, -0.2) is 0 Å². The molecule has 0 unspecified atom stereocenters. The Morgan fingerprint density at radius 3 is 2.58 bits per heavy atom. The molecule has 1 atom stereocenters. The lowest BCUT2D eigenvalue weighted by atomic mass is 10.2. The summed E-state index contributed by atoms with van der Waals surface area (Å²) in [6.45, 7) is 5.70. The van der Waals surface area contributed by atoms with Crippen LogP contribution in [0.1, 0.15) is 19.8 Å². The number of hydrogen-bond donors (Lipinski definition) is 1. The molecule has 1 fully saturated rings. The maximum Gasteiger partial charge on any atom is 0.0813 e. The quantitative estimate of drug-likeness (QED) is 0.713. The van der Waals surface area contributed by atoms with E-state index in [2.05, 4.69) is 6.58 Å². The van der Waals surface area contributed by atoms with E-state index in [-0.39, 0.29) is 10.2 Å². The molecule has 0 saturated carbocycles. The molecule has 1 saturated heterocycles. The van der Waals surface area contributed by atoms with Crippen molar-refractivity contribution in [1.82, 2.24) is 0 Å². The van der Waals surface area contributed by atoms with Gasteiger partial charge in [0.15, 0.2) is 0 Å². The molecule has 0 radical (unpaired) electrons. The van der Waals surface area contributed by atoms with Crippen LogP contribution in [0.5, 0.6) is 0 Å². The SMILES string of the molecule is C=CC1(C[C@@H](C)O)SCCCS1. The van der Waals surface area contributed by atoms with Gasteiger partial charge in [0.1, 0.15) is 0 Å². The standard InChI is InChI=1S/C9H16OS2/c1-3-9(7-8(2)10)11-5-4-6-12-9/h3,8,10H,1,4-7H2,2H3/t8-/m1/s1. The minimum absolute atomic E-state index is 0.0897. The third-order valence-corrected chi connectivity index (χ3v) is 5.21. The summed E-state index contributed by atoms with van der Waals surface area (Å²) in [6.07, 6.45) is 3.88. The van der Waals surface area contributed by atoms with Gasteiger partial charge in [0.05, 0.1) is 10.2 Å². The molecule has 70 valence electrons. The van der Waals surface area contributed by atoms with Crippen molar-refractivity contribution in [2.45, 2.75) is 29.9 Å². The third kappa shape index (κ3) is 2.71. The van der Waals surface area contributed by atoms with E-state index < -0.39 is 0 Å². The molecule has 1 aliphatic rings. The monoisotopic (exact) mass is 204 g/mol. The van der Waals surface area contributed by atoms with E-state index in [4.69, 9.17) is 0 Å². The minimum Gasteiger partial charge on any atom is -0.393 e. The molecule has 1 N–H and O–H groups in total. The molecule has 0 amide bonds. The summed E-state index contributed by atoms with van der Waals surface area (Å²) < 4.78 is 0.0897. The molecule has 1 heterocycles. The van der Waals surface area contributed by atoms with Gasteiger partial charge in [0.2, 0.25) is 0 Å². The summed E-state index contributed by atoms with van der Waals surface area (Å²) in [5, 5.41) is 9.33. The summed E-state index contributed by atoms with van der Waals surface area (Å²) in [7, 11) is 0. The fraction of sp³-hybridized carbons (Fsp3) is 0.778. The van der Waals surface area contributed by atoms with Crippen LogP contribution in [-0.4, -0.2) is 26.8 Å². The van der Waals surface area contributed by atoms with Crippen LogP contribution < -0.4 is 0 Å². The van der Waals surface area contributed by atoms with Gasteiger partial charge in [0, 0.05) is 6.42 Å². The van der Waals surface area contributed by atoms with Gasteiger partial charge in [-0.1, -0.05) is 6.08 Å². The fourth-order valence-electron chi connectivity index (χ4n) is 1.32. The molecule has 1 rings (SSSR count). The van der Waals surface area contributed by atoms with E-state index >= 15 is 0 Å². The van der Waals surface area contributed by atoms with Gasteiger partial charge in [0.25, 0.3) is 0 Å². The first-order chi connectivity index (χ1) is 5.68. The number of rotatable bonds is 3. The van der Waals surface area contributed by atoms with Crippen molar-refractivity contribution in [2.75, 3.05) is 11.5 Å². The highest BCUT2D eigenvalue weighted by Crippen LogP contribution is 2.46. The minimum atomic E-state index is -0.221. The predicted molar refractivity (Wildman–Crippen MR) is 58.8 cm³/mol. The van der Waals surface area contributed by atoms with E-state index in [1.807, 2.05) is 36.5 Å². The van der Waals surface area contributed by atoms with Gasteiger partial charge in [-0.3, -0.25) is 0 Å². The van der Waals surface area contributed by atoms with Crippen LogP contribution in [0, 0.1) is 0 Å². The topological polar surface area (TPSA) is 20.2 Å². The van der Waals surface area contributed by atoms with Crippen molar-refractivity contribution in [3.8, 4) is 0 Å². The molecule has 0 spiro atoms. The van der Waals surface area contributed by atoms with Gasteiger partial charge in [-0.05, 0) is 24.9 Å². The van der Waals surface area contributed by atoms with Crippen LogP contribution in [0.4, 0.5) is 0 Å². The zero-order valence-electron chi connectivity index (χ0n) is 7.45. The molecule has 1 aliphatic heterocycles. The summed E-state index contributed by atoms with van der Waals surface area (Å²) in [4.78, 5) is 0. The first kappa shape index (κ1) is 10.5. The Morgan fingerprint density at radius 2 is 2.17 bits per heavy atom. The number of aliphatic hydroxyl groups is 1. The van der Waals surface area contributed by atoms with E-state index in [0.717, 1.165) is 6.42 Å². The normalized spacial score (nSPS) is 24.8. The van der Waals surface area contributed by atoms with Crippen molar-refractivity contribution >= 4 is 23.5 Å². The first-order valence-electron chi connectivity index (χ1n) is 4.28. The van der Waals surface area contributed by atoms with Crippen LogP contribution in [0.15, 0.2) is 12.7 Å². The Morgan fingerprint density at radius 1 is 1.58 bits per heavy atom. The molecule has 1 nitrogen and oxygen atoms in total. The second-order valence-corrected chi connectivity index (χ2v) is 6.23.